The second kappa shape index (κ2) is 8.55. The maximum atomic E-state index is 12.6. The topological polar surface area (TPSA) is 61.8 Å². The highest BCUT2D eigenvalue weighted by atomic mass is 35.5. The van der Waals surface area contributed by atoms with E-state index in [-0.39, 0.29) is 18.2 Å². The number of aryl methyl sites for hydroxylation is 2. The van der Waals surface area contributed by atoms with Crippen LogP contribution in [0.15, 0.2) is 41.4 Å². The van der Waals surface area contributed by atoms with Gasteiger partial charge in [-0.2, -0.15) is 0 Å². The summed E-state index contributed by atoms with van der Waals surface area (Å²) >= 11 is 13.3. The summed E-state index contributed by atoms with van der Waals surface area (Å²) in [5.74, 6) is -0.387. The predicted octanol–water partition coefficient (Wildman–Crippen LogP) is 5.20. The molecule has 1 N–H and O–H groups in total. The minimum Gasteiger partial charge on any atom is -0.326 e. The number of rotatable bonds is 4. The Morgan fingerprint density at radius 2 is 1.82 bits per heavy atom. The third kappa shape index (κ3) is 4.69. The molecule has 0 aromatic heterocycles. The highest BCUT2D eigenvalue weighted by Crippen LogP contribution is 2.32. The first-order valence-corrected chi connectivity index (χ1v) is 10.2. The highest BCUT2D eigenvalue weighted by Gasteiger charge is 2.37. The molecule has 146 valence electrons. The summed E-state index contributed by atoms with van der Waals surface area (Å²) in [4.78, 5) is 31.1. The Hall–Kier alpha value is -2.02. The summed E-state index contributed by atoms with van der Waals surface area (Å²) in [6.07, 6.45) is 0.0540. The number of hydrogen-bond acceptors (Lipinski definition) is 4. The molecule has 1 heterocycles. The van der Waals surface area contributed by atoms with Gasteiger partial charge in [0.2, 0.25) is 11.8 Å². The number of aliphatic imine (C=N–C) groups is 1. The van der Waals surface area contributed by atoms with Gasteiger partial charge in [0.25, 0.3) is 0 Å². The summed E-state index contributed by atoms with van der Waals surface area (Å²) in [7, 11) is 1.67. The van der Waals surface area contributed by atoms with Crippen molar-refractivity contribution in [3.8, 4) is 0 Å². The summed E-state index contributed by atoms with van der Waals surface area (Å²) in [6, 6.07) is 10.7. The molecule has 1 atom stereocenters. The first-order valence-electron chi connectivity index (χ1n) is 8.59. The van der Waals surface area contributed by atoms with Crippen LogP contribution in [0.4, 0.5) is 11.4 Å². The molecule has 5 nitrogen and oxygen atoms in total. The van der Waals surface area contributed by atoms with Gasteiger partial charge in [0.15, 0.2) is 5.17 Å². The van der Waals surface area contributed by atoms with E-state index in [1.165, 1.54) is 16.7 Å². The van der Waals surface area contributed by atoms with Crippen LogP contribution in [0.1, 0.15) is 17.5 Å². The first kappa shape index (κ1) is 20.7. The third-order valence-corrected chi connectivity index (χ3v) is 6.06. The van der Waals surface area contributed by atoms with Crippen LogP contribution in [0.3, 0.4) is 0 Å². The van der Waals surface area contributed by atoms with E-state index < -0.39 is 5.25 Å². The van der Waals surface area contributed by atoms with Crippen LogP contribution in [-0.4, -0.2) is 34.2 Å². The molecule has 0 aliphatic carbocycles. The standard InChI is InChI=1S/C20H19Cl2N3O2S/c1-11-4-5-14(22)9-16(11)23-18(26)10-17-19(27)25(3)20(28-17)24-15-7-6-13(21)8-12(15)2/h4-9,17H,10H2,1-3H3,(H,23,26)/t17-/m1/s1. The Balaban J connectivity index is 1.71. The van der Waals surface area contributed by atoms with Crippen molar-refractivity contribution in [2.45, 2.75) is 25.5 Å². The minimum atomic E-state index is -0.518. The Kier molecular flexibility index (Phi) is 6.33. The summed E-state index contributed by atoms with van der Waals surface area (Å²) in [5.41, 5.74) is 3.21. The lowest BCUT2D eigenvalue weighted by Crippen LogP contribution is -2.30. The average Bonchev–Trinajstić information content (AvgIpc) is 2.88. The molecule has 2 amide bonds. The normalized spacial score (nSPS) is 18.0. The van der Waals surface area contributed by atoms with E-state index in [0.717, 1.165) is 16.8 Å². The monoisotopic (exact) mass is 435 g/mol. The van der Waals surface area contributed by atoms with Gasteiger partial charge in [0.1, 0.15) is 5.25 Å². The van der Waals surface area contributed by atoms with Crippen molar-refractivity contribution in [1.82, 2.24) is 4.90 Å². The number of amidine groups is 1. The van der Waals surface area contributed by atoms with E-state index in [9.17, 15) is 9.59 Å². The fraction of sp³-hybridized carbons (Fsp3) is 0.250. The van der Waals surface area contributed by atoms with E-state index in [1.54, 1.807) is 25.2 Å². The van der Waals surface area contributed by atoms with Gasteiger partial charge in [0, 0.05) is 29.2 Å². The molecular weight excluding hydrogens is 417 g/mol. The van der Waals surface area contributed by atoms with Crippen LogP contribution in [0.2, 0.25) is 10.0 Å². The third-order valence-electron chi connectivity index (χ3n) is 4.36. The molecule has 1 aliphatic rings. The average molecular weight is 436 g/mol. The molecule has 1 fully saturated rings. The zero-order valence-corrected chi connectivity index (χ0v) is 18.0. The molecule has 3 rings (SSSR count). The molecule has 2 aromatic carbocycles. The molecular formula is C20H19Cl2N3O2S. The van der Waals surface area contributed by atoms with Gasteiger partial charge < -0.3 is 5.32 Å². The minimum absolute atomic E-state index is 0.0540. The van der Waals surface area contributed by atoms with Crippen LogP contribution in [0.25, 0.3) is 0 Å². The number of carbonyl (C=O) groups excluding carboxylic acids is 2. The van der Waals surface area contributed by atoms with Crippen LogP contribution < -0.4 is 5.32 Å². The van der Waals surface area contributed by atoms with Gasteiger partial charge in [-0.05, 0) is 55.3 Å². The van der Waals surface area contributed by atoms with E-state index in [1.807, 2.05) is 32.0 Å². The van der Waals surface area contributed by atoms with E-state index in [2.05, 4.69) is 10.3 Å². The van der Waals surface area contributed by atoms with Gasteiger partial charge in [-0.3, -0.25) is 14.5 Å². The van der Waals surface area contributed by atoms with E-state index in [4.69, 9.17) is 23.2 Å². The maximum Gasteiger partial charge on any atom is 0.242 e. The van der Waals surface area contributed by atoms with Crippen LogP contribution >= 0.6 is 35.0 Å². The Labute approximate surface area is 178 Å². The van der Waals surface area contributed by atoms with Crippen LogP contribution in [-0.2, 0) is 9.59 Å². The predicted molar refractivity (Wildman–Crippen MR) is 117 cm³/mol. The summed E-state index contributed by atoms with van der Waals surface area (Å²) in [5, 5.41) is 4.05. The molecule has 0 spiro atoms. The van der Waals surface area contributed by atoms with Gasteiger partial charge in [-0.25, -0.2) is 4.99 Å². The number of halogens is 2. The van der Waals surface area contributed by atoms with Crippen molar-refractivity contribution in [3.63, 3.8) is 0 Å². The molecule has 0 radical (unpaired) electrons. The Morgan fingerprint density at radius 1 is 1.14 bits per heavy atom. The van der Waals surface area contributed by atoms with Crippen molar-refractivity contribution >= 4 is 63.3 Å². The lowest BCUT2D eigenvalue weighted by Gasteiger charge is -2.11. The van der Waals surface area contributed by atoms with E-state index >= 15 is 0 Å². The van der Waals surface area contributed by atoms with Crippen molar-refractivity contribution in [3.05, 3.63) is 57.6 Å². The molecule has 2 aromatic rings. The SMILES string of the molecule is Cc1cc(Cl)ccc1N=C1S[C@H](CC(=O)Nc2cc(Cl)ccc2C)C(=O)N1C. The fourth-order valence-electron chi connectivity index (χ4n) is 2.74. The quantitative estimate of drug-likeness (QED) is 0.717. The van der Waals surface area contributed by atoms with Gasteiger partial charge >= 0.3 is 0 Å². The molecule has 28 heavy (non-hydrogen) atoms. The van der Waals surface area contributed by atoms with Crippen molar-refractivity contribution in [2.75, 3.05) is 12.4 Å². The lowest BCUT2D eigenvalue weighted by atomic mass is 10.2. The second-order valence-electron chi connectivity index (χ2n) is 6.54. The van der Waals surface area contributed by atoms with Crippen LogP contribution in [0.5, 0.6) is 0 Å². The maximum absolute atomic E-state index is 12.6. The number of thioether (sulfide) groups is 1. The van der Waals surface area contributed by atoms with E-state index in [0.29, 0.717) is 20.9 Å². The van der Waals surface area contributed by atoms with Crippen molar-refractivity contribution < 1.29 is 9.59 Å². The Bertz CT molecular complexity index is 978. The largest absolute Gasteiger partial charge is 0.326 e. The first-order chi connectivity index (χ1) is 13.2. The number of amides is 2. The van der Waals surface area contributed by atoms with Gasteiger partial charge in [-0.1, -0.05) is 41.0 Å². The number of carbonyl (C=O) groups is 2. The van der Waals surface area contributed by atoms with Crippen molar-refractivity contribution in [2.24, 2.45) is 4.99 Å². The number of anilines is 1. The van der Waals surface area contributed by atoms with Gasteiger partial charge in [0.05, 0.1) is 5.69 Å². The molecule has 0 bridgehead atoms. The molecule has 0 unspecified atom stereocenters. The number of benzene rings is 2. The van der Waals surface area contributed by atoms with Crippen LogP contribution in [0, 0.1) is 13.8 Å². The second-order valence-corrected chi connectivity index (χ2v) is 8.58. The molecule has 8 heteroatoms. The summed E-state index contributed by atoms with van der Waals surface area (Å²) in [6.45, 7) is 3.79. The highest BCUT2D eigenvalue weighted by molar-refractivity contribution is 8.15. The summed E-state index contributed by atoms with van der Waals surface area (Å²) < 4.78 is 0. The Morgan fingerprint density at radius 3 is 2.54 bits per heavy atom. The smallest absolute Gasteiger partial charge is 0.242 e. The van der Waals surface area contributed by atoms with Crippen molar-refractivity contribution in [1.29, 1.82) is 0 Å². The number of nitrogens with zero attached hydrogens (tertiary/aromatic N) is 2. The zero-order chi connectivity index (χ0) is 20.4. The van der Waals surface area contributed by atoms with Gasteiger partial charge in [-0.15, -0.1) is 0 Å². The zero-order valence-electron chi connectivity index (χ0n) is 15.6. The molecule has 0 saturated carbocycles. The molecule has 1 aliphatic heterocycles. The molecule has 1 saturated heterocycles. The number of nitrogens with one attached hydrogen (secondary N) is 1. The fourth-order valence-corrected chi connectivity index (χ4v) is 4.29. The number of hydrogen-bond donors (Lipinski definition) is 1. The lowest BCUT2D eigenvalue weighted by molar-refractivity contribution is -0.127.